The van der Waals surface area contributed by atoms with Crippen molar-refractivity contribution in [3.63, 3.8) is 0 Å². The van der Waals surface area contributed by atoms with Gasteiger partial charge in [-0.1, -0.05) is 53.0 Å². The summed E-state index contributed by atoms with van der Waals surface area (Å²) < 4.78 is 17.4. The second-order valence-corrected chi connectivity index (χ2v) is 8.68. The molecule has 0 spiro atoms. The van der Waals surface area contributed by atoms with Crippen LogP contribution >= 0.6 is 50.7 Å². The summed E-state index contributed by atoms with van der Waals surface area (Å²) in [5, 5.41) is 5.36. The Bertz CT molecular complexity index is 1170. The largest absolute Gasteiger partial charge is 0.493 e. The zero-order chi connectivity index (χ0) is 23.8. The molecule has 0 aliphatic rings. The zero-order valence-corrected chi connectivity index (χ0v) is 21.1. The van der Waals surface area contributed by atoms with E-state index in [1.807, 2.05) is 18.2 Å². The van der Waals surface area contributed by atoms with Crippen LogP contribution in [-0.4, -0.2) is 25.8 Å². The molecule has 0 fully saturated rings. The quantitative estimate of drug-likeness (QED) is 0.234. The van der Waals surface area contributed by atoms with Gasteiger partial charge in [-0.15, -0.1) is 0 Å². The molecule has 0 aromatic heterocycles. The first-order chi connectivity index (χ1) is 15.9. The maximum Gasteiger partial charge on any atom is 0.277 e. The third-order valence-electron chi connectivity index (χ3n) is 4.24. The predicted molar refractivity (Wildman–Crippen MR) is 134 cm³/mol. The number of hydrogen-bond donors (Lipinski definition) is 1. The first kappa shape index (κ1) is 25.2. The molecule has 3 aromatic carbocycles. The van der Waals surface area contributed by atoms with Crippen molar-refractivity contribution in [3.8, 4) is 17.2 Å². The molecule has 33 heavy (non-hydrogen) atoms. The molecule has 6 nitrogen and oxygen atoms in total. The maximum absolute atomic E-state index is 12.0. The van der Waals surface area contributed by atoms with Crippen LogP contribution in [0, 0.1) is 0 Å². The molecular formula is C23H18BrCl3N2O4. The van der Waals surface area contributed by atoms with Crippen LogP contribution in [0.3, 0.4) is 0 Å². The normalized spacial score (nSPS) is 10.8. The van der Waals surface area contributed by atoms with Crippen molar-refractivity contribution in [2.75, 3.05) is 13.7 Å². The van der Waals surface area contributed by atoms with Gasteiger partial charge in [-0.25, -0.2) is 5.43 Å². The summed E-state index contributed by atoms with van der Waals surface area (Å²) in [4.78, 5) is 12.0. The molecule has 0 atom stereocenters. The van der Waals surface area contributed by atoms with Gasteiger partial charge >= 0.3 is 0 Å². The number of nitrogens with one attached hydrogen (secondary N) is 1. The first-order valence-electron chi connectivity index (χ1n) is 9.51. The summed E-state index contributed by atoms with van der Waals surface area (Å²) in [6.45, 7) is 0.0102. The van der Waals surface area contributed by atoms with E-state index in [0.29, 0.717) is 42.4 Å². The number of hydrogen-bond acceptors (Lipinski definition) is 5. The van der Waals surface area contributed by atoms with Gasteiger partial charge in [0.2, 0.25) is 0 Å². The van der Waals surface area contributed by atoms with Gasteiger partial charge in [-0.3, -0.25) is 4.79 Å². The SMILES string of the molecule is COc1cc(/C=N\NC(=O)COc2ccc(Cl)cc2Cl)cc(Br)c1OCc1ccccc1Cl. The fourth-order valence-corrected chi connectivity index (χ4v) is 3.89. The van der Waals surface area contributed by atoms with Gasteiger partial charge in [0, 0.05) is 15.6 Å². The van der Waals surface area contributed by atoms with Crippen LogP contribution in [0.15, 0.2) is 64.2 Å². The van der Waals surface area contributed by atoms with Gasteiger partial charge in [0.15, 0.2) is 18.1 Å². The number of ether oxygens (including phenoxy) is 3. The Morgan fingerprint density at radius 3 is 2.55 bits per heavy atom. The Morgan fingerprint density at radius 1 is 1.03 bits per heavy atom. The van der Waals surface area contributed by atoms with E-state index < -0.39 is 5.91 Å². The number of carbonyl (C=O) groups is 1. The fourth-order valence-electron chi connectivity index (χ4n) is 2.67. The summed E-state index contributed by atoms with van der Waals surface area (Å²) in [6, 6.07) is 15.7. The lowest BCUT2D eigenvalue weighted by Crippen LogP contribution is -2.24. The summed E-state index contributed by atoms with van der Waals surface area (Å²) in [7, 11) is 1.53. The molecule has 0 saturated heterocycles. The lowest BCUT2D eigenvalue weighted by Gasteiger charge is -2.14. The van der Waals surface area contributed by atoms with E-state index in [1.54, 1.807) is 30.3 Å². The lowest BCUT2D eigenvalue weighted by atomic mass is 10.2. The molecule has 1 amide bonds. The minimum atomic E-state index is -0.456. The van der Waals surface area contributed by atoms with Crippen molar-refractivity contribution in [1.82, 2.24) is 5.43 Å². The van der Waals surface area contributed by atoms with Gasteiger partial charge in [-0.2, -0.15) is 5.10 Å². The molecule has 0 heterocycles. The standard InChI is InChI=1S/C23H18BrCl3N2O4/c1-31-21-9-14(8-17(24)23(21)33-12-15-4-2-3-5-18(15)26)11-28-29-22(30)13-32-20-7-6-16(25)10-19(20)27/h2-11H,12-13H2,1H3,(H,29,30)/b28-11-. The number of carbonyl (C=O) groups excluding carboxylic acids is 1. The number of rotatable bonds is 9. The Kier molecular flexibility index (Phi) is 9.26. The van der Waals surface area contributed by atoms with Gasteiger partial charge in [-0.05, 0) is 57.9 Å². The van der Waals surface area contributed by atoms with Crippen LogP contribution in [0.1, 0.15) is 11.1 Å². The predicted octanol–water partition coefficient (Wildman–Crippen LogP) is 6.53. The molecule has 0 bridgehead atoms. The van der Waals surface area contributed by atoms with Crippen molar-refractivity contribution in [2.24, 2.45) is 5.10 Å². The van der Waals surface area contributed by atoms with Crippen LogP contribution in [-0.2, 0) is 11.4 Å². The highest BCUT2D eigenvalue weighted by atomic mass is 79.9. The van der Waals surface area contributed by atoms with Gasteiger partial charge < -0.3 is 14.2 Å². The third-order valence-corrected chi connectivity index (χ3v) is 5.73. The van der Waals surface area contributed by atoms with E-state index in [-0.39, 0.29) is 13.2 Å². The summed E-state index contributed by atoms with van der Waals surface area (Å²) in [6.07, 6.45) is 1.47. The Balaban J connectivity index is 1.59. The molecule has 0 aliphatic carbocycles. The van der Waals surface area contributed by atoms with Gasteiger partial charge in [0.05, 0.1) is 22.8 Å². The van der Waals surface area contributed by atoms with E-state index in [4.69, 9.17) is 49.0 Å². The minimum absolute atomic E-state index is 0.263. The van der Waals surface area contributed by atoms with E-state index in [9.17, 15) is 4.79 Å². The number of nitrogens with zero attached hydrogens (tertiary/aromatic N) is 1. The maximum atomic E-state index is 12.0. The monoisotopic (exact) mass is 570 g/mol. The molecule has 0 radical (unpaired) electrons. The summed E-state index contributed by atoms with van der Waals surface area (Å²) in [5.74, 6) is 0.904. The average Bonchev–Trinajstić information content (AvgIpc) is 2.78. The second-order valence-electron chi connectivity index (χ2n) is 6.57. The molecule has 0 unspecified atom stereocenters. The van der Waals surface area contributed by atoms with E-state index in [0.717, 1.165) is 5.56 Å². The molecule has 0 aliphatic heterocycles. The van der Waals surface area contributed by atoms with Crippen molar-refractivity contribution >= 4 is 62.9 Å². The first-order valence-corrected chi connectivity index (χ1v) is 11.4. The van der Waals surface area contributed by atoms with Crippen molar-refractivity contribution < 1.29 is 19.0 Å². The van der Waals surface area contributed by atoms with Crippen molar-refractivity contribution in [1.29, 1.82) is 0 Å². The van der Waals surface area contributed by atoms with Crippen LogP contribution in [0.25, 0.3) is 0 Å². The minimum Gasteiger partial charge on any atom is -0.493 e. The number of halogens is 4. The molecule has 0 saturated carbocycles. The van der Waals surface area contributed by atoms with E-state index >= 15 is 0 Å². The molecular weight excluding hydrogens is 555 g/mol. The van der Waals surface area contributed by atoms with Crippen molar-refractivity contribution in [3.05, 3.63) is 85.3 Å². The molecule has 3 rings (SSSR count). The van der Waals surface area contributed by atoms with Crippen LogP contribution in [0.5, 0.6) is 17.2 Å². The molecule has 1 N–H and O–H groups in total. The Morgan fingerprint density at radius 2 is 1.82 bits per heavy atom. The lowest BCUT2D eigenvalue weighted by molar-refractivity contribution is -0.123. The molecule has 172 valence electrons. The number of hydrazone groups is 1. The van der Waals surface area contributed by atoms with Gasteiger partial charge in [0.25, 0.3) is 5.91 Å². The van der Waals surface area contributed by atoms with Crippen LogP contribution < -0.4 is 19.6 Å². The van der Waals surface area contributed by atoms with Crippen LogP contribution in [0.4, 0.5) is 0 Å². The topological polar surface area (TPSA) is 69.2 Å². The highest BCUT2D eigenvalue weighted by Gasteiger charge is 2.12. The third kappa shape index (κ3) is 7.27. The smallest absolute Gasteiger partial charge is 0.277 e. The highest BCUT2D eigenvalue weighted by Crippen LogP contribution is 2.37. The highest BCUT2D eigenvalue weighted by molar-refractivity contribution is 9.10. The Labute approximate surface area is 214 Å². The number of methoxy groups -OCH3 is 1. The van der Waals surface area contributed by atoms with E-state index in [1.165, 1.54) is 19.4 Å². The number of benzene rings is 3. The number of amides is 1. The fraction of sp³-hybridized carbons (Fsp3) is 0.130. The summed E-state index contributed by atoms with van der Waals surface area (Å²) in [5.41, 5.74) is 3.91. The molecule has 10 heteroatoms. The zero-order valence-electron chi connectivity index (χ0n) is 17.3. The summed E-state index contributed by atoms with van der Waals surface area (Å²) >= 11 is 21.5. The van der Waals surface area contributed by atoms with Gasteiger partial charge in [0.1, 0.15) is 12.4 Å². The average molecular weight is 573 g/mol. The second kappa shape index (κ2) is 12.1. The molecule has 3 aromatic rings. The van der Waals surface area contributed by atoms with E-state index in [2.05, 4.69) is 26.5 Å². The Hall–Kier alpha value is -2.45. The van der Waals surface area contributed by atoms with Crippen LogP contribution in [0.2, 0.25) is 15.1 Å². The van der Waals surface area contributed by atoms with Crippen molar-refractivity contribution in [2.45, 2.75) is 6.61 Å².